The quantitative estimate of drug-likeness (QED) is 0.674. The van der Waals surface area contributed by atoms with Gasteiger partial charge < -0.3 is 9.84 Å². The van der Waals surface area contributed by atoms with Gasteiger partial charge in [0.2, 0.25) is 0 Å². The van der Waals surface area contributed by atoms with Crippen LogP contribution in [0.15, 0.2) is 78.9 Å². The third-order valence-electron chi connectivity index (χ3n) is 4.01. The molecule has 0 aliphatic rings. The molecule has 24 heavy (non-hydrogen) atoms. The van der Waals surface area contributed by atoms with Gasteiger partial charge in [0.1, 0.15) is 12.4 Å². The van der Waals surface area contributed by atoms with Gasteiger partial charge in [-0.25, -0.2) is 0 Å². The normalized spacial score (nSPS) is 10.5. The fourth-order valence-electron chi connectivity index (χ4n) is 2.63. The highest BCUT2D eigenvalue weighted by atomic mass is 16.5. The Kier molecular flexibility index (Phi) is 5.65. The molecule has 2 heteroatoms. The second-order valence-electron chi connectivity index (χ2n) is 5.82. The Bertz CT molecular complexity index is 731. The summed E-state index contributed by atoms with van der Waals surface area (Å²) in [5.74, 6) is 0.877. The third kappa shape index (κ3) is 4.46. The molecule has 0 amide bonds. The monoisotopic (exact) mass is 318 g/mol. The van der Waals surface area contributed by atoms with E-state index >= 15 is 0 Å². The van der Waals surface area contributed by atoms with Gasteiger partial charge in [0.15, 0.2) is 0 Å². The highest BCUT2D eigenvalue weighted by molar-refractivity contribution is 5.64. The molecule has 2 nitrogen and oxygen atoms in total. The molecule has 0 spiro atoms. The average Bonchev–Trinajstić information content (AvgIpc) is 2.66. The van der Waals surface area contributed by atoms with E-state index in [-0.39, 0.29) is 6.61 Å². The predicted octanol–water partition coefficient (Wildman–Crippen LogP) is 4.86. The minimum atomic E-state index is 0.242. The van der Waals surface area contributed by atoms with Crippen molar-refractivity contribution in [3.8, 4) is 16.9 Å². The zero-order valence-electron chi connectivity index (χ0n) is 13.7. The van der Waals surface area contributed by atoms with Crippen molar-refractivity contribution in [2.24, 2.45) is 0 Å². The average molecular weight is 318 g/mol. The summed E-state index contributed by atoms with van der Waals surface area (Å²) in [6.07, 6.45) is 1.73. The molecule has 0 fully saturated rings. The Morgan fingerprint density at radius 3 is 1.92 bits per heavy atom. The van der Waals surface area contributed by atoms with Crippen molar-refractivity contribution in [2.45, 2.75) is 19.4 Å². The summed E-state index contributed by atoms with van der Waals surface area (Å²) in [5, 5.41) is 8.89. The van der Waals surface area contributed by atoms with Crippen LogP contribution in [-0.4, -0.2) is 11.7 Å². The van der Waals surface area contributed by atoms with Crippen molar-refractivity contribution in [1.82, 2.24) is 0 Å². The first-order valence-corrected chi connectivity index (χ1v) is 8.32. The van der Waals surface area contributed by atoms with E-state index in [1.165, 1.54) is 22.3 Å². The molecule has 0 saturated heterocycles. The molecule has 0 aliphatic heterocycles. The van der Waals surface area contributed by atoms with Gasteiger partial charge in [0.25, 0.3) is 0 Å². The first-order chi connectivity index (χ1) is 11.8. The van der Waals surface area contributed by atoms with Crippen LogP contribution in [0.4, 0.5) is 0 Å². The van der Waals surface area contributed by atoms with Crippen molar-refractivity contribution in [3.05, 3.63) is 90.0 Å². The number of ether oxygens (including phenoxy) is 1. The standard InChI is InChI=1S/C22H22O2/c23-16-4-7-18-8-10-20(11-9-18)21-12-14-22(15-13-21)24-17-19-5-2-1-3-6-19/h1-3,5-6,8-15,23H,4,7,16-17H2. The molecule has 0 heterocycles. The summed E-state index contributed by atoms with van der Waals surface area (Å²) in [5.41, 5.74) is 4.80. The van der Waals surface area contributed by atoms with E-state index < -0.39 is 0 Å². The minimum absolute atomic E-state index is 0.242. The summed E-state index contributed by atoms with van der Waals surface area (Å²) in [6.45, 7) is 0.825. The summed E-state index contributed by atoms with van der Waals surface area (Å²) in [6, 6.07) is 26.9. The molecule has 0 aromatic heterocycles. The van der Waals surface area contributed by atoms with E-state index in [4.69, 9.17) is 9.84 Å². The van der Waals surface area contributed by atoms with Gasteiger partial charge in [-0.05, 0) is 47.2 Å². The molecular formula is C22H22O2. The van der Waals surface area contributed by atoms with Gasteiger partial charge in [-0.3, -0.25) is 0 Å². The smallest absolute Gasteiger partial charge is 0.119 e. The summed E-state index contributed by atoms with van der Waals surface area (Å²) >= 11 is 0. The van der Waals surface area contributed by atoms with Crippen LogP contribution in [0.3, 0.4) is 0 Å². The third-order valence-corrected chi connectivity index (χ3v) is 4.01. The van der Waals surface area contributed by atoms with Crippen molar-refractivity contribution >= 4 is 0 Å². The van der Waals surface area contributed by atoms with Crippen LogP contribution in [0, 0.1) is 0 Å². The SMILES string of the molecule is OCCCc1ccc(-c2ccc(OCc3ccccc3)cc2)cc1. The van der Waals surface area contributed by atoms with Crippen LogP contribution in [-0.2, 0) is 13.0 Å². The van der Waals surface area contributed by atoms with Crippen molar-refractivity contribution in [1.29, 1.82) is 0 Å². The first-order valence-electron chi connectivity index (χ1n) is 8.32. The number of aliphatic hydroxyl groups is 1. The second kappa shape index (κ2) is 8.32. The predicted molar refractivity (Wildman–Crippen MR) is 98.1 cm³/mol. The zero-order valence-corrected chi connectivity index (χ0v) is 13.7. The Labute approximate surface area is 143 Å². The number of aryl methyl sites for hydroxylation is 1. The fourth-order valence-corrected chi connectivity index (χ4v) is 2.63. The second-order valence-corrected chi connectivity index (χ2v) is 5.82. The van der Waals surface area contributed by atoms with Gasteiger partial charge in [-0.2, -0.15) is 0 Å². The lowest BCUT2D eigenvalue weighted by atomic mass is 10.0. The molecule has 0 radical (unpaired) electrons. The number of hydrogen-bond donors (Lipinski definition) is 1. The van der Waals surface area contributed by atoms with Crippen molar-refractivity contribution in [2.75, 3.05) is 6.61 Å². The van der Waals surface area contributed by atoms with E-state index in [1.807, 2.05) is 30.3 Å². The molecule has 0 saturated carbocycles. The highest BCUT2D eigenvalue weighted by Crippen LogP contribution is 2.23. The van der Waals surface area contributed by atoms with Crippen molar-refractivity contribution in [3.63, 3.8) is 0 Å². The fraction of sp³-hybridized carbons (Fsp3) is 0.182. The molecule has 1 N–H and O–H groups in total. The van der Waals surface area contributed by atoms with Crippen LogP contribution < -0.4 is 4.74 Å². The Balaban J connectivity index is 1.61. The van der Waals surface area contributed by atoms with Crippen molar-refractivity contribution < 1.29 is 9.84 Å². The van der Waals surface area contributed by atoms with Crippen LogP contribution >= 0.6 is 0 Å². The number of aliphatic hydroxyl groups excluding tert-OH is 1. The maximum Gasteiger partial charge on any atom is 0.119 e. The van der Waals surface area contributed by atoms with Gasteiger partial charge >= 0.3 is 0 Å². The molecule has 3 aromatic carbocycles. The Morgan fingerprint density at radius 1 is 0.667 bits per heavy atom. The van der Waals surface area contributed by atoms with E-state index in [1.54, 1.807) is 0 Å². The Hall–Kier alpha value is -2.58. The van der Waals surface area contributed by atoms with Gasteiger partial charge in [-0.1, -0.05) is 66.7 Å². The van der Waals surface area contributed by atoms with Crippen LogP contribution in [0.2, 0.25) is 0 Å². The van der Waals surface area contributed by atoms with Gasteiger partial charge in [0.05, 0.1) is 0 Å². The van der Waals surface area contributed by atoms with E-state index in [0.717, 1.165) is 18.6 Å². The molecule has 3 rings (SSSR count). The lowest BCUT2D eigenvalue weighted by Gasteiger charge is -2.08. The molecule has 0 unspecified atom stereocenters. The molecule has 0 bridgehead atoms. The van der Waals surface area contributed by atoms with Gasteiger partial charge in [-0.15, -0.1) is 0 Å². The lowest BCUT2D eigenvalue weighted by molar-refractivity contribution is 0.288. The summed E-state index contributed by atoms with van der Waals surface area (Å²) in [7, 11) is 0. The molecule has 0 aliphatic carbocycles. The van der Waals surface area contributed by atoms with E-state index in [0.29, 0.717) is 6.61 Å². The van der Waals surface area contributed by atoms with Crippen LogP contribution in [0.5, 0.6) is 5.75 Å². The summed E-state index contributed by atoms with van der Waals surface area (Å²) in [4.78, 5) is 0. The number of rotatable bonds is 7. The minimum Gasteiger partial charge on any atom is -0.489 e. The topological polar surface area (TPSA) is 29.5 Å². The van der Waals surface area contributed by atoms with Gasteiger partial charge in [0, 0.05) is 6.61 Å². The lowest BCUT2D eigenvalue weighted by Crippen LogP contribution is -1.94. The molecule has 3 aromatic rings. The zero-order chi connectivity index (χ0) is 16.6. The van der Waals surface area contributed by atoms with E-state index in [2.05, 4.69) is 48.5 Å². The van der Waals surface area contributed by atoms with Crippen LogP contribution in [0.1, 0.15) is 17.5 Å². The highest BCUT2D eigenvalue weighted by Gasteiger charge is 2.00. The van der Waals surface area contributed by atoms with E-state index in [9.17, 15) is 0 Å². The molecule has 122 valence electrons. The molecule has 0 atom stereocenters. The maximum absolute atomic E-state index is 8.89. The number of hydrogen-bond acceptors (Lipinski definition) is 2. The number of benzene rings is 3. The molecular weight excluding hydrogens is 296 g/mol. The Morgan fingerprint density at radius 2 is 1.29 bits per heavy atom. The largest absolute Gasteiger partial charge is 0.489 e. The van der Waals surface area contributed by atoms with Crippen LogP contribution in [0.25, 0.3) is 11.1 Å². The summed E-state index contributed by atoms with van der Waals surface area (Å²) < 4.78 is 5.82. The maximum atomic E-state index is 8.89. The first kappa shape index (κ1) is 16.3.